The third kappa shape index (κ3) is 3.22. The number of nitrogens with one attached hydrogen (secondary N) is 1. The van der Waals surface area contributed by atoms with Gasteiger partial charge in [-0.05, 0) is 42.5 Å². The lowest BCUT2D eigenvalue weighted by molar-refractivity contribution is 0.0600. The van der Waals surface area contributed by atoms with Gasteiger partial charge in [-0.3, -0.25) is 4.79 Å². The molecule has 3 rings (SSSR count). The lowest BCUT2D eigenvalue weighted by atomic mass is 10.2. The van der Waals surface area contributed by atoms with Gasteiger partial charge >= 0.3 is 5.97 Å². The van der Waals surface area contributed by atoms with E-state index in [0.717, 1.165) is 0 Å². The van der Waals surface area contributed by atoms with Crippen LogP contribution in [0.2, 0.25) is 10.0 Å². The molecule has 0 atom stereocenters. The molecule has 122 valence electrons. The highest BCUT2D eigenvalue weighted by Gasteiger charge is 2.16. The molecule has 5 nitrogen and oxygen atoms in total. The molecule has 1 amide bonds. The van der Waals surface area contributed by atoms with Crippen molar-refractivity contribution >= 4 is 51.7 Å². The Kier molecular flexibility index (Phi) is 4.46. The Morgan fingerprint density at radius 2 is 1.88 bits per heavy atom. The van der Waals surface area contributed by atoms with E-state index in [-0.39, 0.29) is 22.0 Å². The molecular weight excluding hydrogens is 353 g/mol. The van der Waals surface area contributed by atoms with Crippen LogP contribution in [0, 0.1) is 0 Å². The third-order valence-corrected chi connectivity index (χ3v) is 3.90. The highest BCUT2D eigenvalue weighted by Crippen LogP contribution is 2.26. The Balaban J connectivity index is 1.89. The molecule has 2 aromatic carbocycles. The van der Waals surface area contributed by atoms with Crippen LogP contribution in [0.5, 0.6) is 0 Å². The first-order valence-corrected chi connectivity index (χ1v) is 7.62. The van der Waals surface area contributed by atoms with Crippen molar-refractivity contribution in [2.24, 2.45) is 0 Å². The van der Waals surface area contributed by atoms with Crippen LogP contribution in [0.3, 0.4) is 0 Å². The number of ether oxygens (including phenoxy) is 1. The third-order valence-electron chi connectivity index (χ3n) is 3.34. The summed E-state index contributed by atoms with van der Waals surface area (Å²) in [5.41, 5.74) is 1.09. The van der Waals surface area contributed by atoms with Crippen molar-refractivity contribution in [2.75, 3.05) is 12.4 Å². The van der Waals surface area contributed by atoms with Gasteiger partial charge in [0.2, 0.25) is 0 Å². The number of anilines is 1. The number of fused-ring (bicyclic) bond motifs is 1. The molecule has 24 heavy (non-hydrogen) atoms. The van der Waals surface area contributed by atoms with Crippen molar-refractivity contribution in [1.82, 2.24) is 0 Å². The van der Waals surface area contributed by atoms with Crippen LogP contribution >= 0.6 is 23.2 Å². The second-order valence-electron chi connectivity index (χ2n) is 4.93. The lowest BCUT2D eigenvalue weighted by Crippen LogP contribution is -2.12. The summed E-state index contributed by atoms with van der Waals surface area (Å²) in [4.78, 5) is 23.9. The zero-order valence-corrected chi connectivity index (χ0v) is 13.9. The van der Waals surface area contributed by atoms with Crippen molar-refractivity contribution < 1.29 is 18.7 Å². The van der Waals surface area contributed by atoms with Gasteiger partial charge in [0.15, 0.2) is 5.76 Å². The smallest absolute Gasteiger partial charge is 0.337 e. The number of carbonyl (C=O) groups excluding carboxylic acids is 2. The van der Waals surface area contributed by atoms with E-state index in [4.69, 9.17) is 27.6 Å². The number of rotatable bonds is 3. The highest BCUT2D eigenvalue weighted by atomic mass is 35.5. The van der Waals surface area contributed by atoms with Crippen molar-refractivity contribution in [2.45, 2.75) is 0 Å². The summed E-state index contributed by atoms with van der Waals surface area (Å²) >= 11 is 12.0. The van der Waals surface area contributed by atoms with Gasteiger partial charge in [-0.2, -0.15) is 0 Å². The zero-order valence-electron chi connectivity index (χ0n) is 12.4. The number of hydrogen-bond donors (Lipinski definition) is 1. The molecule has 7 heteroatoms. The van der Waals surface area contributed by atoms with Crippen molar-refractivity contribution in [3.63, 3.8) is 0 Å². The number of esters is 1. The van der Waals surface area contributed by atoms with Crippen LogP contribution in [0.25, 0.3) is 11.0 Å². The Bertz CT molecular complexity index is 949. The first-order chi connectivity index (χ1) is 11.5. The zero-order chi connectivity index (χ0) is 17.3. The number of methoxy groups -OCH3 is 1. The molecule has 0 bridgehead atoms. The molecule has 0 saturated heterocycles. The minimum Gasteiger partial charge on any atom is -0.465 e. The summed E-state index contributed by atoms with van der Waals surface area (Å²) in [6, 6.07) is 11.1. The van der Waals surface area contributed by atoms with E-state index in [9.17, 15) is 9.59 Å². The Hall–Kier alpha value is -2.50. The van der Waals surface area contributed by atoms with E-state index >= 15 is 0 Å². The Labute approximate surface area is 147 Å². The van der Waals surface area contributed by atoms with Crippen LogP contribution < -0.4 is 5.32 Å². The van der Waals surface area contributed by atoms with Gasteiger partial charge in [-0.25, -0.2) is 4.79 Å². The highest BCUT2D eigenvalue weighted by molar-refractivity contribution is 6.34. The average molecular weight is 364 g/mol. The van der Waals surface area contributed by atoms with E-state index in [2.05, 4.69) is 10.1 Å². The first kappa shape index (κ1) is 16.4. The van der Waals surface area contributed by atoms with Gasteiger partial charge in [0.25, 0.3) is 5.91 Å². The number of halogens is 2. The number of benzene rings is 2. The molecule has 0 aliphatic carbocycles. The summed E-state index contributed by atoms with van der Waals surface area (Å²) in [7, 11) is 1.27. The summed E-state index contributed by atoms with van der Waals surface area (Å²) in [6.07, 6.45) is 0. The maximum atomic E-state index is 12.4. The number of furan rings is 1. The molecule has 0 aliphatic rings. The lowest BCUT2D eigenvalue weighted by Gasteiger charge is -2.07. The minimum absolute atomic E-state index is 0.104. The Morgan fingerprint density at radius 3 is 2.62 bits per heavy atom. The summed E-state index contributed by atoms with van der Waals surface area (Å²) in [6.45, 7) is 0. The van der Waals surface area contributed by atoms with Crippen molar-refractivity contribution in [3.05, 3.63) is 63.8 Å². The fraction of sp³-hybridized carbons (Fsp3) is 0.0588. The van der Waals surface area contributed by atoms with Crippen LogP contribution in [-0.2, 0) is 4.74 Å². The summed E-state index contributed by atoms with van der Waals surface area (Å²) in [5, 5.41) is 4.16. The van der Waals surface area contributed by atoms with Crippen LogP contribution in [0.4, 0.5) is 5.69 Å². The van der Waals surface area contributed by atoms with Gasteiger partial charge in [-0.15, -0.1) is 0 Å². The summed E-state index contributed by atoms with van der Waals surface area (Å²) in [5.74, 6) is -0.918. The van der Waals surface area contributed by atoms with Gasteiger partial charge in [0.05, 0.1) is 23.4 Å². The molecule has 1 heterocycles. The molecule has 0 unspecified atom stereocenters. The molecule has 1 N–H and O–H groups in total. The normalized spacial score (nSPS) is 10.6. The van der Waals surface area contributed by atoms with E-state index in [0.29, 0.717) is 16.0 Å². The second-order valence-corrected chi connectivity index (χ2v) is 5.78. The summed E-state index contributed by atoms with van der Waals surface area (Å²) < 4.78 is 10.1. The standard InChI is InChI=1S/C17H11Cl2NO4/c1-23-17(22)9-2-4-12(19)13(7-9)20-16(21)15-8-10-6-11(18)3-5-14(10)24-15/h2-8H,1H3,(H,20,21). The fourth-order valence-corrected chi connectivity index (χ4v) is 2.52. The minimum atomic E-state index is -0.527. The van der Waals surface area contributed by atoms with Crippen molar-refractivity contribution in [1.29, 1.82) is 0 Å². The van der Waals surface area contributed by atoms with Gasteiger partial charge < -0.3 is 14.5 Å². The van der Waals surface area contributed by atoms with E-state index < -0.39 is 11.9 Å². The molecule has 0 aliphatic heterocycles. The second kappa shape index (κ2) is 6.55. The molecule has 1 aromatic heterocycles. The SMILES string of the molecule is COC(=O)c1ccc(Cl)c(NC(=O)c2cc3cc(Cl)ccc3o2)c1. The molecule has 0 saturated carbocycles. The Morgan fingerprint density at radius 1 is 1.08 bits per heavy atom. The predicted octanol–water partition coefficient (Wildman–Crippen LogP) is 4.78. The maximum absolute atomic E-state index is 12.4. The van der Waals surface area contributed by atoms with Crippen LogP contribution in [-0.4, -0.2) is 19.0 Å². The van der Waals surface area contributed by atoms with Gasteiger partial charge in [-0.1, -0.05) is 23.2 Å². The molecule has 0 spiro atoms. The largest absolute Gasteiger partial charge is 0.465 e. The number of hydrogen-bond acceptors (Lipinski definition) is 4. The molecule has 0 fully saturated rings. The monoisotopic (exact) mass is 363 g/mol. The van der Waals surface area contributed by atoms with Gasteiger partial charge in [0, 0.05) is 10.4 Å². The average Bonchev–Trinajstić information content (AvgIpc) is 2.99. The quantitative estimate of drug-likeness (QED) is 0.680. The fourth-order valence-electron chi connectivity index (χ4n) is 2.18. The molecular formula is C17H11Cl2NO4. The number of carbonyl (C=O) groups is 2. The van der Waals surface area contributed by atoms with Crippen LogP contribution in [0.1, 0.15) is 20.9 Å². The predicted molar refractivity (Wildman–Crippen MR) is 92.0 cm³/mol. The van der Waals surface area contributed by atoms with E-state index in [1.54, 1.807) is 24.3 Å². The topological polar surface area (TPSA) is 68.5 Å². The van der Waals surface area contributed by atoms with E-state index in [1.807, 2.05) is 0 Å². The molecule has 0 radical (unpaired) electrons. The van der Waals surface area contributed by atoms with E-state index in [1.165, 1.54) is 25.3 Å². The maximum Gasteiger partial charge on any atom is 0.337 e. The van der Waals surface area contributed by atoms with Gasteiger partial charge in [0.1, 0.15) is 5.58 Å². The van der Waals surface area contributed by atoms with Crippen LogP contribution in [0.15, 0.2) is 46.9 Å². The molecule has 3 aromatic rings. The van der Waals surface area contributed by atoms with Crippen molar-refractivity contribution in [3.8, 4) is 0 Å². The first-order valence-electron chi connectivity index (χ1n) is 6.86. The number of amides is 1.